The molecule has 1 aliphatic carbocycles. The van der Waals surface area contributed by atoms with Crippen molar-refractivity contribution in [2.75, 3.05) is 0 Å². The van der Waals surface area contributed by atoms with E-state index in [0.717, 1.165) is 29.5 Å². The normalized spacial score (nSPS) is 18.9. The number of rotatable bonds is 6. The fourth-order valence-electron chi connectivity index (χ4n) is 4.17. The van der Waals surface area contributed by atoms with E-state index in [9.17, 15) is 4.79 Å². The first-order valence-corrected chi connectivity index (χ1v) is 9.87. The highest BCUT2D eigenvalue weighted by molar-refractivity contribution is 6.09. The van der Waals surface area contributed by atoms with Gasteiger partial charge < -0.3 is 0 Å². The molecule has 1 heteroatoms. The van der Waals surface area contributed by atoms with Crippen molar-refractivity contribution >= 4 is 17.4 Å². The summed E-state index contributed by atoms with van der Waals surface area (Å²) in [5.41, 5.74) is 3.76. The Bertz CT molecular complexity index is 984. The minimum Gasteiger partial charge on any atom is -0.293 e. The predicted octanol–water partition coefficient (Wildman–Crippen LogP) is 6.84. The maximum absolute atomic E-state index is 13.7. The first-order valence-electron chi connectivity index (χ1n) is 9.87. The molecule has 1 nitrogen and oxygen atoms in total. The standard InChI is InChI=1S/C27H24O/c28-26(24-17-8-3-9-18-24)27(20-10-14-22-12-4-1-5-13-22)21-11-19-25(27)23-15-6-2-7-16-23/h1-10,12-19H,11,20-21H2/b14-10+/t27-/m1/s1. The molecule has 0 saturated heterocycles. The van der Waals surface area contributed by atoms with E-state index in [1.54, 1.807) is 0 Å². The van der Waals surface area contributed by atoms with E-state index in [2.05, 4.69) is 42.5 Å². The molecular formula is C27H24O. The second-order valence-corrected chi connectivity index (χ2v) is 7.32. The molecule has 1 aliphatic rings. The third-order valence-corrected chi connectivity index (χ3v) is 5.57. The van der Waals surface area contributed by atoms with Crippen LogP contribution in [0.3, 0.4) is 0 Å². The molecule has 0 N–H and O–H groups in total. The Morgan fingerprint density at radius 3 is 2.11 bits per heavy atom. The molecule has 0 amide bonds. The molecule has 0 saturated carbocycles. The molecule has 0 fully saturated rings. The smallest absolute Gasteiger partial charge is 0.173 e. The van der Waals surface area contributed by atoms with Gasteiger partial charge in [-0.05, 0) is 36.0 Å². The largest absolute Gasteiger partial charge is 0.293 e. The summed E-state index contributed by atoms with van der Waals surface area (Å²) in [4.78, 5) is 13.7. The average molecular weight is 364 g/mol. The minimum atomic E-state index is -0.506. The Kier molecular flexibility index (Phi) is 5.34. The molecule has 1 atom stereocenters. The van der Waals surface area contributed by atoms with Crippen LogP contribution in [-0.4, -0.2) is 5.78 Å². The van der Waals surface area contributed by atoms with Gasteiger partial charge in [-0.2, -0.15) is 0 Å². The second kappa shape index (κ2) is 8.22. The van der Waals surface area contributed by atoms with Gasteiger partial charge >= 0.3 is 0 Å². The molecule has 0 aromatic heterocycles. The van der Waals surface area contributed by atoms with E-state index in [1.165, 1.54) is 5.57 Å². The Morgan fingerprint density at radius 2 is 1.43 bits per heavy atom. The first kappa shape index (κ1) is 18.2. The van der Waals surface area contributed by atoms with Gasteiger partial charge in [-0.3, -0.25) is 4.79 Å². The van der Waals surface area contributed by atoms with Crippen LogP contribution in [0.25, 0.3) is 11.6 Å². The molecule has 0 unspecified atom stereocenters. The molecule has 3 aromatic rings. The third kappa shape index (κ3) is 3.61. The summed E-state index contributed by atoms with van der Waals surface area (Å²) in [5, 5.41) is 0. The predicted molar refractivity (Wildman–Crippen MR) is 117 cm³/mol. The number of carbonyl (C=O) groups excluding carboxylic acids is 1. The van der Waals surface area contributed by atoms with Crippen LogP contribution in [0.2, 0.25) is 0 Å². The number of benzene rings is 3. The zero-order valence-corrected chi connectivity index (χ0v) is 15.9. The summed E-state index contributed by atoms with van der Waals surface area (Å²) in [6.07, 6.45) is 9.04. The van der Waals surface area contributed by atoms with Gasteiger partial charge in [-0.1, -0.05) is 109 Å². The van der Waals surface area contributed by atoms with E-state index in [1.807, 2.05) is 66.7 Å². The quantitative estimate of drug-likeness (QED) is 0.438. The zero-order chi connectivity index (χ0) is 19.2. The van der Waals surface area contributed by atoms with Crippen LogP contribution in [0.1, 0.15) is 40.7 Å². The lowest BCUT2D eigenvalue weighted by atomic mass is 9.70. The minimum absolute atomic E-state index is 0.221. The number of allylic oxidation sites excluding steroid dienone is 3. The van der Waals surface area contributed by atoms with Crippen LogP contribution in [0.15, 0.2) is 103 Å². The topological polar surface area (TPSA) is 17.1 Å². The SMILES string of the molecule is O=C(c1ccccc1)[C@]1(C/C=C/c2ccccc2)CCC=C1c1ccccc1. The van der Waals surface area contributed by atoms with Crippen LogP contribution >= 0.6 is 0 Å². The Labute approximate surface area is 167 Å². The van der Waals surface area contributed by atoms with Gasteiger partial charge in [0.25, 0.3) is 0 Å². The lowest BCUT2D eigenvalue weighted by molar-refractivity contribution is 0.0862. The van der Waals surface area contributed by atoms with Crippen molar-refractivity contribution in [2.45, 2.75) is 19.3 Å². The van der Waals surface area contributed by atoms with Crippen molar-refractivity contribution in [3.63, 3.8) is 0 Å². The fourth-order valence-corrected chi connectivity index (χ4v) is 4.17. The summed E-state index contributed by atoms with van der Waals surface area (Å²) < 4.78 is 0. The van der Waals surface area contributed by atoms with E-state index in [-0.39, 0.29) is 5.78 Å². The van der Waals surface area contributed by atoms with Crippen LogP contribution < -0.4 is 0 Å². The van der Waals surface area contributed by atoms with Crippen LogP contribution in [-0.2, 0) is 0 Å². The summed E-state index contributed by atoms with van der Waals surface area (Å²) in [6, 6.07) is 30.3. The van der Waals surface area contributed by atoms with Crippen molar-refractivity contribution in [2.24, 2.45) is 5.41 Å². The zero-order valence-electron chi connectivity index (χ0n) is 15.9. The van der Waals surface area contributed by atoms with Gasteiger partial charge in [0.15, 0.2) is 5.78 Å². The van der Waals surface area contributed by atoms with Crippen molar-refractivity contribution < 1.29 is 4.79 Å². The van der Waals surface area contributed by atoms with Gasteiger partial charge in [0, 0.05) is 5.56 Å². The first-order chi connectivity index (χ1) is 13.8. The molecule has 0 aliphatic heterocycles. The number of hydrogen-bond acceptors (Lipinski definition) is 1. The number of hydrogen-bond donors (Lipinski definition) is 0. The highest BCUT2D eigenvalue weighted by Crippen LogP contribution is 2.50. The van der Waals surface area contributed by atoms with E-state index in [0.29, 0.717) is 6.42 Å². The van der Waals surface area contributed by atoms with Crippen molar-refractivity contribution in [3.05, 3.63) is 120 Å². The lowest BCUT2D eigenvalue weighted by Crippen LogP contribution is -2.30. The van der Waals surface area contributed by atoms with Gasteiger partial charge in [0.2, 0.25) is 0 Å². The van der Waals surface area contributed by atoms with Crippen LogP contribution in [0.4, 0.5) is 0 Å². The van der Waals surface area contributed by atoms with E-state index >= 15 is 0 Å². The Balaban J connectivity index is 1.72. The second-order valence-electron chi connectivity index (χ2n) is 7.32. The van der Waals surface area contributed by atoms with Gasteiger partial charge in [-0.25, -0.2) is 0 Å². The molecule has 0 heterocycles. The average Bonchev–Trinajstić information content (AvgIpc) is 3.20. The number of Topliss-reactive ketones (excluding diaryl/α,β-unsaturated/α-hetero) is 1. The molecule has 0 bridgehead atoms. The molecule has 0 spiro atoms. The summed E-state index contributed by atoms with van der Waals surface area (Å²) in [5.74, 6) is 0.221. The number of ketones is 1. The number of carbonyl (C=O) groups is 1. The summed E-state index contributed by atoms with van der Waals surface area (Å²) in [6.45, 7) is 0. The highest BCUT2D eigenvalue weighted by Gasteiger charge is 2.43. The lowest BCUT2D eigenvalue weighted by Gasteiger charge is -2.31. The Hall–Kier alpha value is -3.19. The maximum atomic E-state index is 13.7. The van der Waals surface area contributed by atoms with Crippen molar-refractivity contribution in [1.82, 2.24) is 0 Å². The fraction of sp³-hybridized carbons (Fsp3) is 0.148. The molecule has 3 aromatic carbocycles. The van der Waals surface area contributed by atoms with Gasteiger partial charge in [0.1, 0.15) is 0 Å². The van der Waals surface area contributed by atoms with Crippen LogP contribution in [0, 0.1) is 5.41 Å². The molecular weight excluding hydrogens is 340 g/mol. The summed E-state index contributed by atoms with van der Waals surface area (Å²) >= 11 is 0. The maximum Gasteiger partial charge on any atom is 0.173 e. The summed E-state index contributed by atoms with van der Waals surface area (Å²) in [7, 11) is 0. The van der Waals surface area contributed by atoms with Gasteiger partial charge in [0.05, 0.1) is 5.41 Å². The molecule has 28 heavy (non-hydrogen) atoms. The Morgan fingerprint density at radius 1 is 0.821 bits per heavy atom. The third-order valence-electron chi connectivity index (χ3n) is 5.57. The monoisotopic (exact) mass is 364 g/mol. The molecule has 0 radical (unpaired) electrons. The van der Waals surface area contributed by atoms with Crippen molar-refractivity contribution in [1.29, 1.82) is 0 Å². The molecule has 138 valence electrons. The van der Waals surface area contributed by atoms with Crippen molar-refractivity contribution in [3.8, 4) is 0 Å². The van der Waals surface area contributed by atoms with E-state index in [4.69, 9.17) is 0 Å². The molecule has 4 rings (SSSR count). The van der Waals surface area contributed by atoms with E-state index < -0.39 is 5.41 Å². The highest BCUT2D eigenvalue weighted by atomic mass is 16.1. The van der Waals surface area contributed by atoms with Gasteiger partial charge in [-0.15, -0.1) is 0 Å². The van der Waals surface area contributed by atoms with Crippen LogP contribution in [0.5, 0.6) is 0 Å².